The molecular formula is C21H28ClN3O3S. The monoisotopic (exact) mass is 437 g/mol. The highest BCUT2D eigenvalue weighted by atomic mass is 35.5. The SMILES string of the molecule is CCCCN(CC(=O)N(Cc1cccn1C)C1CC1)S(=O)(=O)c1ccc(Cl)cc1. The number of benzene rings is 1. The molecule has 0 unspecified atom stereocenters. The number of sulfonamides is 1. The minimum atomic E-state index is -3.77. The van der Waals surface area contributed by atoms with Gasteiger partial charge in [0, 0.05) is 36.5 Å². The van der Waals surface area contributed by atoms with E-state index in [1.165, 1.54) is 16.4 Å². The topological polar surface area (TPSA) is 62.6 Å². The molecule has 0 atom stereocenters. The highest BCUT2D eigenvalue weighted by Crippen LogP contribution is 2.29. The molecule has 1 amide bonds. The van der Waals surface area contributed by atoms with Crippen molar-refractivity contribution < 1.29 is 13.2 Å². The standard InChI is InChI=1S/C21H28ClN3O3S/c1-3-4-14-24(29(27,28)20-11-7-17(22)8-12-20)16-21(26)25(18-9-10-18)15-19-6-5-13-23(19)2/h5-8,11-13,18H,3-4,9-10,14-16H2,1-2H3. The lowest BCUT2D eigenvalue weighted by Crippen LogP contribution is -2.44. The van der Waals surface area contributed by atoms with E-state index >= 15 is 0 Å². The first-order chi connectivity index (χ1) is 13.8. The lowest BCUT2D eigenvalue weighted by molar-refractivity contribution is -0.132. The van der Waals surface area contributed by atoms with E-state index in [1.807, 2.05) is 41.8 Å². The number of hydrogen-bond donors (Lipinski definition) is 0. The molecule has 8 heteroatoms. The summed E-state index contributed by atoms with van der Waals surface area (Å²) in [7, 11) is -1.82. The molecule has 0 N–H and O–H groups in total. The van der Waals surface area contributed by atoms with Crippen molar-refractivity contribution in [2.24, 2.45) is 7.05 Å². The molecule has 0 spiro atoms. The Kier molecular flexibility index (Phi) is 7.03. The van der Waals surface area contributed by atoms with Crippen LogP contribution in [-0.2, 0) is 28.4 Å². The number of halogens is 1. The van der Waals surface area contributed by atoms with E-state index in [4.69, 9.17) is 11.6 Å². The molecule has 1 aromatic heterocycles. The van der Waals surface area contributed by atoms with Crippen molar-refractivity contribution in [1.82, 2.24) is 13.8 Å². The molecule has 1 heterocycles. The highest BCUT2D eigenvalue weighted by Gasteiger charge is 2.35. The number of carbonyl (C=O) groups excluding carboxylic acids is 1. The van der Waals surface area contributed by atoms with Crippen LogP contribution in [0.15, 0.2) is 47.5 Å². The van der Waals surface area contributed by atoms with Gasteiger partial charge in [-0.2, -0.15) is 4.31 Å². The van der Waals surface area contributed by atoms with Gasteiger partial charge in [-0.3, -0.25) is 4.79 Å². The van der Waals surface area contributed by atoms with Crippen molar-refractivity contribution in [3.05, 3.63) is 53.3 Å². The van der Waals surface area contributed by atoms with Gasteiger partial charge in [0.25, 0.3) is 0 Å². The highest BCUT2D eigenvalue weighted by molar-refractivity contribution is 7.89. The zero-order chi connectivity index (χ0) is 21.0. The molecule has 0 aliphatic heterocycles. The van der Waals surface area contributed by atoms with Crippen molar-refractivity contribution in [2.75, 3.05) is 13.1 Å². The largest absolute Gasteiger partial charge is 0.353 e. The van der Waals surface area contributed by atoms with Crippen LogP contribution in [-0.4, -0.2) is 47.2 Å². The first kappa shape index (κ1) is 21.9. The summed E-state index contributed by atoms with van der Waals surface area (Å²) in [5, 5.41) is 0.475. The Morgan fingerprint density at radius 2 is 1.90 bits per heavy atom. The third-order valence-electron chi connectivity index (χ3n) is 5.22. The summed E-state index contributed by atoms with van der Waals surface area (Å²) in [4.78, 5) is 15.1. The molecule has 6 nitrogen and oxygen atoms in total. The number of amides is 1. The molecule has 1 aromatic carbocycles. The average Bonchev–Trinajstić information content (AvgIpc) is 3.45. The first-order valence-electron chi connectivity index (χ1n) is 9.98. The number of carbonyl (C=O) groups is 1. The predicted octanol–water partition coefficient (Wildman–Crippen LogP) is 3.66. The van der Waals surface area contributed by atoms with Gasteiger partial charge < -0.3 is 9.47 Å². The third kappa shape index (κ3) is 5.41. The second-order valence-electron chi connectivity index (χ2n) is 7.51. The Hall–Kier alpha value is -1.83. The number of rotatable bonds is 10. The Morgan fingerprint density at radius 1 is 1.21 bits per heavy atom. The normalized spacial score (nSPS) is 14.3. The molecule has 1 aliphatic carbocycles. The summed E-state index contributed by atoms with van der Waals surface area (Å²) >= 11 is 5.90. The van der Waals surface area contributed by atoms with Crippen molar-refractivity contribution in [1.29, 1.82) is 0 Å². The second-order valence-corrected chi connectivity index (χ2v) is 9.88. The number of hydrogen-bond acceptors (Lipinski definition) is 3. The fourth-order valence-electron chi connectivity index (χ4n) is 3.26. The maximum Gasteiger partial charge on any atom is 0.243 e. The van der Waals surface area contributed by atoms with Crippen LogP contribution in [0, 0.1) is 0 Å². The minimum Gasteiger partial charge on any atom is -0.353 e. The molecule has 0 radical (unpaired) electrons. The van der Waals surface area contributed by atoms with Crippen LogP contribution in [0.5, 0.6) is 0 Å². The summed E-state index contributed by atoms with van der Waals surface area (Å²) in [5.41, 5.74) is 1.03. The molecule has 1 fully saturated rings. The molecule has 158 valence electrons. The Balaban J connectivity index is 1.80. The summed E-state index contributed by atoms with van der Waals surface area (Å²) in [6.45, 7) is 2.66. The zero-order valence-electron chi connectivity index (χ0n) is 16.9. The van der Waals surface area contributed by atoms with E-state index in [9.17, 15) is 13.2 Å². The van der Waals surface area contributed by atoms with Crippen LogP contribution in [0.4, 0.5) is 0 Å². The van der Waals surface area contributed by atoms with Crippen molar-refractivity contribution >= 4 is 27.5 Å². The fourth-order valence-corrected chi connectivity index (χ4v) is 4.81. The van der Waals surface area contributed by atoms with Gasteiger partial charge >= 0.3 is 0 Å². The summed E-state index contributed by atoms with van der Waals surface area (Å²) in [6.07, 6.45) is 5.42. The van der Waals surface area contributed by atoms with E-state index in [0.29, 0.717) is 24.5 Å². The van der Waals surface area contributed by atoms with E-state index in [0.717, 1.165) is 25.0 Å². The second kappa shape index (κ2) is 9.32. The summed E-state index contributed by atoms with van der Waals surface area (Å²) in [5.74, 6) is -0.151. The number of unbranched alkanes of at least 4 members (excludes halogenated alkanes) is 1. The summed E-state index contributed by atoms with van der Waals surface area (Å²) < 4.78 is 29.6. The lowest BCUT2D eigenvalue weighted by Gasteiger charge is -2.27. The first-order valence-corrected chi connectivity index (χ1v) is 11.8. The fraction of sp³-hybridized carbons (Fsp3) is 0.476. The molecule has 1 aliphatic rings. The Bertz CT molecular complexity index is 936. The van der Waals surface area contributed by atoms with Crippen molar-refractivity contribution in [2.45, 2.75) is 50.1 Å². The smallest absolute Gasteiger partial charge is 0.243 e. The maximum atomic E-state index is 13.2. The molecule has 0 bridgehead atoms. The molecule has 29 heavy (non-hydrogen) atoms. The third-order valence-corrected chi connectivity index (χ3v) is 7.33. The number of aromatic nitrogens is 1. The molecule has 1 saturated carbocycles. The van der Waals surface area contributed by atoms with Crippen LogP contribution < -0.4 is 0 Å². The van der Waals surface area contributed by atoms with E-state index in [-0.39, 0.29) is 23.4 Å². The van der Waals surface area contributed by atoms with Gasteiger partial charge in [-0.15, -0.1) is 0 Å². The Morgan fingerprint density at radius 3 is 2.45 bits per heavy atom. The van der Waals surface area contributed by atoms with Crippen LogP contribution in [0.25, 0.3) is 0 Å². The van der Waals surface area contributed by atoms with Gasteiger partial charge in [0.1, 0.15) is 0 Å². The maximum absolute atomic E-state index is 13.2. The van der Waals surface area contributed by atoms with Crippen LogP contribution in [0.1, 0.15) is 38.3 Å². The van der Waals surface area contributed by atoms with Gasteiger partial charge in [-0.05, 0) is 55.7 Å². The minimum absolute atomic E-state index is 0.147. The van der Waals surface area contributed by atoms with E-state index in [1.54, 1.807) is 12.1 Å². The van der Waals surface area contributed by atoms with Crippen molar-refractivity contribution in [3.63, 3.8) is 0 Å². The quantitative estimate of drug-likeness (QED) is 0.569. The molecular weight excluding hydrogens is 410 g/mol. The number of nitrogens with zero attached hydrogens (tertiary/aromatic N) is 3. The lowest BCUT2D eigenvalue weighted by atomic mass is 10.3. The zero-order valence-corrected chi connectivity index (χ0v) is 18.5. The van der Waals surface area contributed by atoms with Crippen LogP contribution in [0.3, 0.4) is 0 Å². The summed E-state index contributed by atoms with van der Waals surface area (Å²) in [6, 6.07) is 10.2. The molecule has 3 rings (SSSR count). The molecule has 0 saturated heterocycles. The van der Waals surface area contributed by atoms with Gasteiger partial charge in [0.05, 0.1) is 18.0 Å². The number of aryl methyl sites for hydroxylation is 1. The van der Waals surface area contributed by atoms with Gasteiger partial charge in [-0.1, -0.05) is 24.9 Å². The van der Waals surface area contributed by atoms with Crippen molar-refractivity contribution in [3.8, 4) is 0 Å². The van der Waals surface area contributed by atoms with Crippen LogP contribution in [0.2, 0.25) is 5.02 Å². The average molecular weight is 438 g/mol. The van der Waals surface area contributed by atoms with Crippen LogP contribution >= 0.6 is 11.6 Å². The predicted molar refractivity (Wildman–Crippen MR) is 114 cm³/mol. The molecule has 2 aromatic rings. The van der Waals surface area contributed by atoms with Gasteiger partial charge in [0.2, 0.25) is 15.9 Å². The van der Waals surface area contributed by atoms with E-state index in [2.05, 4.69) is 0 Å². The van der Waals surface area contributed by atoms with E-state index < -0.39 is 10.0 Å². The van der Waals surface area contributed by atoms with Gasteiger partial charge in [0.15, 0.2) is 0 Å². The Labute approximate surface area is 178 Å². The van der Waals surface area contributed by atoms with Gasteiger partial charge in [-0.25, -0.2) is 8.42 Å².